The van der Waals surface area contributed by atoms with Crippen LogP contribution in [0.25, 0.3) is 0 Å². The Morgan fingerprint density at radius 1 is 1.32 bits per heavy atom. The van der Waals surface area contributed by atoms with Crippen molar-refractivity contribution in [2.45, 2.75) is 52.7 Å². The van der Waals surface area contributed by atoms with Crippen LogP contribution in [0.5, 0.6) is 0 Å². The molecule has 1 fully saturated rings. The summed E-state index contributed by atoms with van der Waals surface area (Å²) in [4.78, 5) is 13.9. The van der Waals surface area contributed by atoms with Gasteiger partial charge in [0.15, 0.2) is 0 Å². The molecular formula is C15H32N2O2. The van der Waals surface area contributed by atoms with Gasteiger partial charge >= 0.3 is 0 Å². The molecule has 4 heteroatoms. The van der Waals surface area contributed by atoms with Crippen LogP contribution in [-0.2, 0) is 9.53 Å². The largest absolute Gasteiger partial charge is 0.377 e. The Morgan fingerprint density at radius 3 is 2.47 bits per heavy atom. The summed E-state index contributed by atoms with van der Waals surface area (Å²) in [6.07, 6.45) is 2.47. The lowest BCUT2D eigenvalue weighted by molar-refractivity contribution is -0.123. The summed E-state index contributed by atoms with van der Waals surface area (Å²) in [5.41, 5.74) is 0. The average Bonchev–Trinajstić information content (AvgIpc) is 2.36. The quantitative estimate of drug-likeness (QED) is 0.686. The molecule has 0 radical (unpaired) electrons. The van der Waals surface area contributed by atoms with Crippen LogP contribution >= 0.6 is 0 Å². The molecule has 0 atom stereocenters. The maximum atomic E-state index is 11.7. The molecule has 1 aliphatic rings. The molecule has 19 heavy (non-hydrogen) atoms. The van der Waals surface area contributed by atoms with Crippen molar-refractivity contribution >= 4 is 5.78 Å². The molecule has 1 N–H and O–H groups in total. The van der Waals surface area contributed by atoms with E-state index in [1.807, 2.05) is 13.8 Å². The van der Waals surface area contributed by atoms with Crippen LogP contribution in [0.1, 0.15) is 42.0 Å². The third-order valence-electron chi connectivity index (χ3n) is 3.57. The second-order valence-electron chi connectivity index (χ2n) is 6.08. The maximum Gasteiger partial charge on any atom is 0.149 e. The monoisotopic (exact) mass is 272 g/mol. The van der Waals surface area contributed by atoms with E-state index in [1.54, 1.807) is 0 Å². The summed E-state index contributed by atoms with van der Waals surface area (Å²) in [6, 6.07) is 0.521. The summed E-state index contributed by atoms with van der Waals surface area (Å²) in [5.74, 6) is 0.497. The SMILES string of the molecule is CC(C)NCCOC1CCN(CC(=O)C(C)C)CC1.[HH]. The molecule has 0 spiro atoms. The summed E-state index contributed by atoms with van der Waals surface area (Å²) in [5, 5.41) is 3.35. The van der Waals surface area contributed by atoms with Gasteiger partial charge in [-0.05, 0) is 12.8 Å². The van der Waals surface area contributed by atoms with E-state index in [1.165, 1.54) is 0 Å². The molecule has 114 valence electrons. The summed E-state index contributed by atoms with van der Waals surface area (Å²) in [6.45, 7) is 12.5. The van der Waals surface area contributed by atoms with Crippen molar-refractivity contribution < 1.29 is 11.0 Å². The molecule has 1 saturated heterocycles. The maximum absolute atomic E-state index is 11.7. The van der Waals surface area contributed by atoms with Crippen molar-refractivity contribution in [2.24, 2.45) is 5.92 Å². The molecule has 0 bridgehead atoms. The van der Waals surface area contributed by atoms with Crippen LogP contribution in [0.4, 0.5) is 0 Å². The first-order valence-electron chi connectivity index (χ1n) is 7.59. The summed E-state index contributed by atoms with van der Waals surface area (Å²) >= 11 is 0. The molecule has 0 saturated carbocycles. The molecule has 1 aliphatic heterocycles. The van der Waals surface area contributed by atoms with Crippen molar-refractivity contribution in [3.05, 3.63) is 0 Å². The number of piperidine rings is 1. The molecule has 0 aromatic rings. The van der Waals surface area contributed by atoms with Crippen LogP contribution < -0.4 is 5.32 Å². The van der Waals surface area contributed by atoms with Gasteiger partial charge in [-0.1, -0.05) is 27.7 Å². The van der Waals surface area contributed by atoms with E-state index >= 15 is 0 Å². The number of carbonyl (C=O) groups is 1. The smallest absolute Gasteiger partial charge is 0.149 e. The number of ketones is 1. The topological polar surface area (TPSA) is 41.6 Å². The number of nitrogens with zero attached hydrogens (tertiary/aromatic N) is 1. The van der Waals surface area contributed by atoms with Crippen molar-refractivity contribution in [1.82, 2.24) is 10.2 Å². The van der Waals surface area contributed by atoms with Crippen molar-refractivity contribution in [1.29, 1.82) is 0 Å². The Hall–Kier alpha value is -0.450. The van der Waals surface area contributed by atoms with E-state index in [-0.39, 0.29) is 7.34 Å². The number of hydrogen-bond acceptors (Lipinski definition) is 4. The van der Waals surface area contributed by atoms with Crippen LogP contribution in [0.3, 0.4) is 0 Å². The van der Waals surface area contributed by atoms with Crippen molar-refractivity contribution in [3.63, 3.8) is 0 Å². The lowest BCUT2D eigenvalue weighted by atomic mass is 10.0. The van der Waals surface area contributed by atoms with E-state index in [9.17, 15) is 4.79 Å². The highest BCUT2D eigenvalue weighted by molar-refractivity contribution is 5.82. The van der Waals surface area contributed by atoms with Crippen LogP contribution in [0.2, 0.25) is 0 Å². The zero-order valence-electron chi connectivity index (χ0n) is 12.9. The molecular weight excluding hydrogens is 240 g/mol. The van der Waals surface area contributed by atoms with E-state index in [0.29, 0.717) is 24.5 Å². The van der Waals surface area contributed by atoms with Gasteiger partial charge in [0, 0.05) is 33.0 Å². The molecule has 0 aliphatic carbocycles. The third-order valence-corrected chi connectivity index (χ3v) is 3.57. The fourth-order valence-electron chi connectivity index (χ4n) is 2.21. The second-order valence-corrected chi connectivity index (χ2v) is 6.08. The lowest BCUT2D eigenvalue weighted by Gasteiger charge is -2.31. The highest BCUT2D eigenvalue weighted by Crippen LogP contribution is 2.14. The zero-order valence-corrected chi connectivity index (χ0v) is 12.9. The summed E-state index contributed by atoms with van der Waals surface area (Å²) in [7, 11) is 0. The number of hydrogen-bond donors (Lipinski definition) is 1. The minimum Gasteiger partial charge on any atom is -0.377 e. The van der Waals surface area contributed by atoms with Gasteiger partial charge in [-0.2, -0.15) is 0 Å². The molecule has 1 rings (SSSR count). The molecule has 0 aromatic heterocycles. The minimum absolute atomic E-state index is 0. The first-order chi connectivity index (χ1) is 8.99. The van der Waals surface area contributed by atoms with Gasteiger partial charge in [-0.3, -0.25) is 9.69 Å². The van der Waals surface area contributed by atoms with Gasteiger partial charge in [0.1, 0.15) is 5.78 Å². The van der Waals surface area contributed by atoms with Gasteiger partial charge < -0.3 is 10.1 Å². The van der Waals surface area contributed by atoms with Gasteiger partial charge in [0.2, 0.25) is 0 Å². The van der Waals surface area contributed by atoms with Crippen molar-refractivity contribution in [2.75, 3.05) is 32.8 Å². The molecule has 0 amide bonds. The number of ether oxygens (including phenoxy) is 1. The van der Waals surface area contributed by atoms with Crippen LogP contribution in [-0.4, -0.2) is 55.6 Å². The standard InChI is InChI=1S/C15H30N2O2.H2/c1-12(2)15(18)11-17-8-5-14(6-9-17)19-10-7-16-13(3)4;/h12-14,16H,5-11H2,1-4H3;1H. The number of carbonyl (C=O) groups excluding carboxylic acids is 1. The highest BCUT2D eigenvalue weighted by Gasteiger charge is 2.21. The molecule has 4 nitrogen and oxygen atoms in total. The Kier molecular flexibility index (Phi) is 7.57. The number of Topliss-reactive ketones (excluding diaryl/α,β-unsaturated/α-hetero) is 1. The lowest BCUT2D eigenvalue weighted by Crippen LogP contribution is -2.41. The predicted octanol–water partition coefficient (Wildman–Crippen LogP) is 1.94. The number of likely N-dealkylation sites (tertiary alicyclic amines) is 1. The highest BCUT2D eigenvalue weighted by atomic mass is 16.5. The van der Waals surface area contributed by atoms with Gasteiger partial charge in [0.25, 0.3) is 0 Å². The average molecular weight is 272 g/mol. The zero-order chi connectivity index (χ0) is 14.3. The van der Waals surface area contributed by atoms with Gasteiger partial charge in [-0.15, -0.1) is 0 Å². The second kappa shape index (κ2) is 8.67. The van der Waals surface area contributed by atoms with E-state index in [0.717, 1.165) is 39.1 Å². The Morgan fingerprint density at radius 2 is 1.95 bits per heavy atom. The fourth-order valence-corrected chi connectivity index (χ4v) is 2.21. The first-order valence-corrected chi connectivity index (χ1v) is 7.59. The van der Waals surface area contributed by atoms with E-state index in [2.05, 4.69) is 24.1 Å². The molecule has 0 aromatic carbocycles. The van der Waals surface area contributed by atoms with E-state index < -0.39 is 0 Å². The van der Waals surface area contributed by atoms with Crippen LogP contribution in [0, 0.1) is 5.92 Å². The van der Waals surface area contributed by atoms with Crippen molar-refractivity contribution in [3.8, 4) is 0 Å². The molecule has 0 unspecified atom stereocenters. The Bertz CT molecular complexity index is 265. The number of rotatable bonds is 8. The first kappa shape index (κ1) is 16.6. The Labute approximate surface area is 119 Å². The minimum atomic E-state index is 0. The predicted molar refractivity (Wildman–Crippen MR) is 80.5 cm³/mol. The number of nitrogens with one attached hydrogen (secondary N) is 1. The Balaban J connectivity index is 0.00000361. The molecule has 1 heterocycles. The normalized spacial score (nSPS) is 18.4. The summed E-state index contributed by atoms with van der Waals surface area (Å²) < 4.78 is 5.86. The third kappa shape index (κ3) is 7.04. The fraction of sp³-hybridized carbons (Fsp3) is 0.933. The van der Waals surface area contributed by atoms with Gasteiger partial charge in [-0.25, -0.2) is 0 Å². The van der Waals surface area contributed by atoms with Gasteiger partial charge in [0.05, 0.1) is 19.3 Å². The van der Waals surface area contributed by atoms with E-state index in [4.69, 9.17) is 4.74 Å². The van der Waals surface area contributed by atoms with Crippen LogP contribution in [0.15, 0.2) is 0 Å².